The number of aryl methyl sites for hydroxylation is 1. The Morgan fingerprint density at radius 3 is 2.07 bits per heavy atom. The van der Waals surface area contributed by atoms with Crippen molar-refractivity contribution in [3.05, 3.63) is 88.4 Å². The maximum atomic E-state index is 14.3. The Kier molecular flexibility index (Phi) is 9.43. The first-order valence-corrected chi connectivity index (χ1v) is 12.2. The van der Waals surface area contributed by atoms with Crippen molar-refractivity contribution >= 4 is 17.3 Å². The summed E-state index contributed by atoms with van der Waals surface area (Å²) in [6.45, 7) is 0.0385. The second kappa shape index (κ2) is 12.0. The number of benzene rings is 3. The van der Waals surface area contributed by atoms with E-state index in [2.05, 4.69) is 0 Å². The molecule has 0 radical (unpaired) electrons. The molecule has 0 aromatic heterocycles. The first-order chi connectivity index (χ1) is 18.9. The van der Waals surface area contributed by atoms with E-state index in [0.717, 1.165) is 22.6 Å². The molecule has 0 amide bonds. The smallest absolute Gasteiger partial charge is 0.457 e. The van der Waals surface area contributed by atoms with Crippen molar-refractivity contribution < 1.29 is 53.7 Å². The second-order valence-corrected chi connectivity index (χ2v) is 9.40. The summed E-state index contributed by atoms with van der Waals surface area (Å²) >= 11 is 6.09. The Morgan fingerprint density at radius 2 is 1.46 bits per heavy atom. The highest BCUT2D eigenvalue weighted by atomic mass is 35.5. The summed E-state index contributed by atoms with van der Waals surface area (Å²) < 4.78 is 139. The molecule has 1 atom stereocenters. The summed E-state index contributed by atoms with van der Waals surface area (Å²) in [6.07, 6.45) is -14.0. The zero-order valence-electron chi connectivity index (χ0n) is 21.0. The van der Waals surface area contributed by atoms with Crippen LogP contribution in [0.3, 0.4) is 0 Å². The van der Waals surface area contributed by atoms with Gasteiger partial charge in [-0.3, -0.25) is 0 Å². The third-order valence-corrected chi connectivity index (χ3v) is 6.37. The van der Waals surface area contributed by atoms with E-state index in [1.165, 1.54) is 24.3 Å². The molecule has 224 valence electrons. The highest BCUT2D eigenvalue weighted by Gasteiger charge is 2.73. The van der Waals surface area contributed by atoms with Gasteiger partial charge in [0.25, 0.3) is 0 Å². The number of halogens is 11. The summed E-state index contributed by atoms with van der Waals surface area (Å²) in [5.74, 6) is -11.6. The van der Waals surface area contributed by atoms with Crippen LogP contribution in [-0.2, 0) is 18.9 Å². The summed E-state index contributed by atoms with van der Waals surface area (Å²) in [5.41, 5.74) is -1.28. The molecule has 0 spiro atoms. The zero-order valence-corrected chi connectivity index (χ0v) is 21.8. The summed E-state index contributed by atoms with van der Waals surface area (Å²) in [5, 5.41) is 10.2. The Bertz CT molecular complexity index is 1340. The average molecular weight is 618 g/mol. The van der Waals surface area contributed by atoms with Crippen molar-refractivity contribution in [3.8, 4) is 11.5 Å². The summed E-state index contributed by atoms with van der Waals surface area (Å²) in [6, 6.07) is 12.7. The lowest BCUT2D eigenvalue weighted by Gasteiger charge is -2.30. The van der Waals surface area contributed by atoms with Gasteiger partial charge in [0, 0.05) is 28.9 Å². The minimum atomic E-state index is -6.57. The van der Waals surface area contributed by atoms with Crippen LogP contribution in [0.4, 0.5) is 49.6 Å². The number of nitrogens with zero attached hydrogens (tertiary/aromatic N) is 1. The SMILES string of the molecule is CCc1cc(Oc2cccc(N(Cc3cccc(C(F)(F)C(F)(F)C(F)(F)F)c3)C[C@@H](O)C(F)(F)F)c2)ccc1Cl. The van der Waals surface area contributed by atoms with Crippen molar-refractivity contribution in [2.45, 2.75) is 50.2 Å². The summed E-state index contributed by atoms with van der Waals surface area (Å²) in [4.78, 5) is 0.892. The van der Waals surface area contributed by atoms with Crippen LogP contribution < -0.4 is 9.64 Å². The van der Waals surface area contributed by atoms with E-state index in [4.69, 9.17) is 16.3 Å². The van der Waals surface area contributed by atoms with Crippen LogP contribution in [-0.4, -0.2) is 36.0 Å². The largest absolute Gasteiger partial charge is 0.460 e. The number of alkyl halides is 10. The Hall–Kier alpha value is -3.19. The third kappa shape index (κ3) is 7.37. The molecule has 0 aliphatic carbocycles. The van der Waals surface area contributed by atoms with Crippen molar-refractivity contribution in [2.24, 2.45) is 0 Å². The standard InChI is InChI=1S/C27H22ClF10NO2/c1-2-17-12-21(9-10-22(17)28)41-20-8-4-7-19(13-20)39(15-23(40)25(31,32)33)14-16-5-3-6-18(11-16)24(29,30)26(34,35)27(36,37)38/h3-13,23,40H,2,14-15H2,1H3/t23-/m1/s1. The zero-order chi connectivity index (χ0) is 30.8. The van der Waals surface area contributed by atoms with Crippen molar-refractivity contribution in [2.75, 3.05) is 11.4 Å². The van der Waals surface area contributed by atoms with E-state index in [-0.39, 0.29) is 17.0 Å². The lowest BCUT2D eigenvalue weighted by Crippen LogP contribution is -2.50. The van der Waals surface area contributed by atoms with Crippen LogP contribution in [0.2, 0.25) is 5.02 Å². The van der Waals surface area contributed by atoms with Crippen molar-refractivity contribution in [3.63, 3.8) is 0 Å². The number of hydrogen-bond acceptors (Lipinski definition) is 3. The van der Waals surface area contributed by atoms with Gasteiger partial charge in [-0.25, -0.2) is 0 Å². The number of anilines is 1. The fraction of sp³-hybridized carbons (Fsp3) is 0.333. The highest BCUT2D eigenvalue weighted by molar-refractivity contribution is 6.31. The van der Waals surface area contributed by atoms with Crippen LogP contribution in [0.15, 0.2) is 66.7 Å². The normalized spacial score (nSPS) is 13.7. The Morgan fingerprint density at radius 1 is 0.829 bits per heavy atom. The van der Waals surface area contributed by atoms with Crippen molar-refractivity contribution in [1.82, 2.24) is 0 Å². The first-order valence-electron chi connectivity index (χ1n) is 11.8. The minimum Gasteiger partial charge on any atom is -0.457 e. The maximum Gasteiger partial charge on any atom is 0.460 e. The van der Waals surface area contributed by atoms with Gasteiger partial charge in [-0.1, -0.05) is 42.8 Å². The molecule has 1 N–H and O–H groups in total. The quantitative estimate of drug-likeness (QED) is 0.231. The first kappa shape index (κ1) is 32.3. The second-order valence-electron chi connectivity index (χ2n) is 8.99. The van der Waals surface area contributed by atoms with Crippen LogP contribution in [0.25, 0.3) is 0 Å². The molecule has 0 bridgehead atoms. The van der Waals surface area contributed by atoms with Gasteiger partial charge in [-0.2, -0.15) is 43.9 Å². The molecule has 3 aromatic rings. The maximum absolute atomic E-state index is 14.3. The van der Waals surface area contributed by atoms with Crippen LogP contribution in [0, 0.1) is 0 Å². The molecule has 0 unspecified atom stereocenters. The Balaban J connectivity index is 1.97. The molecule has 41 heavy (non-hydrogen) atoms. The van der Waals surface area contributed by atoms with Crippen LogP contribution in [0.1, 0.15) is 23.6 Å². The third-order valence-electron chi connectivity index (χ3n) is 6.00. The van der Waals surface area contributed by atoms with Gasteiger partial charge in [0.1, 0.15) is 11.5 Å². The Labute approximate surface area is 232 Å². The van der Waals surface area contributed by atoms with Gasteiger partial charge >= 0.3 is 24.2 Å². The molecular formula is C27H22ClF10NO2. The van der Waals surface area contributed by atoms with E-state index in [1.54, 1.807) is 18.2 Å². The predicted octanol–water partition coefficient (Wildman–Crippen LogP) is 8.91. The molecule has 0 fully saturated rings. The summed E-state index contributed by atoms with van der Waals surface area (Å²) in [7, 11) is 0. The van der Waals surface area contributed by atoms with Crippen molar-refractivity contribution in [1.29, 1.82) is 0 Å². The van der Waals surface area contributed by atoms with Gasteiger partial charge in [-0.05, 0) is 53.9 Å². The topological polar surface area (TPSA) is 32.7 Å². The number of ether oxygens (including phenoxy) is 1. The van der Waals surface area contributed by atoms with E-state index in [0.29, 0.717) is 29.3 Å². The number of aliphatic hydroxyl groups is 1. The van der Waals surface area contributed by atoms with Gasteiger partial charge in [0.2, 0.25) is 0 Å². The van der Waals surface area contributed by atoms with E-state index < -0.39 is 49.0 Å². The molecule has 0 aliphatic rings. The van der Waals surface area contributed by atoms with Gasteiger partial charge in [-0.15, -0.1) is 0 Å². The molecule has 3 nitrogen and oxygen atoms in total. The van der Waals surface area contributed by atoms with Gasteiger partial charge < -0.3 is 14.7 Å². The minimum absolute atomic E-state index is 0.00624. The predicted molar refractivity (Wildman–Crippen MR) is 132 cm³/mol. The van der Waals surface area contributed by atoms with Gasteiger partial charge in [0.15, 0.2) is 6.10 Å². The van der Waals surface area contributed by atoms with Gasteiger partial charge in [0.05, 0.1) is 6.54 Å². The highest BCUT2D eigenvalue weighted by Crippen LogP contribution is 2.51. The fourth-order valence-corrected chi connectivity index (χ4v) is 4.03. The number of rotatable bonds is 10. The fourth-order valence-electron chi connectivity index (χ4n) is 3.78. The molecule has 14 heteroatoms. The lowest BCUT2D eigenvalue weighted by molar-refractivity contribution is -0.359. The van der Waals surface area contributed by atoms with Crippen LogP contribution in [0.5, 0.6) is 11.5 Å². The number of aliphatic hydroxyl groups excluding tert-OH is 1. The average Bonchev–Trinajstić information content (AvgIpc) is 2.88. The molecule has 0 saturated heterocycles. The van der Waals surface area contributed by atoms with E-state index >= 15 is 0 Å². The van der Waals surface area contributed by atoms with Crippen LogP contribution >= 0.6 is 11.6 Å². The monoisotopic (exact) mass is 617 g/mol. The van der Waals surface area contributed by atoms with E-state index in [1.807, 2.05) is 6.92 Å². The number of hydrogen-bond donors (Lipinski definition) is 1. The molecule has 0 saturated carbocycles. The molecular weight excluding hydrogens is 596 g/mol. The molecule has 0 aliphatic heterocycles. The molecule has 3 rings (SSSR count). The lowest BCUT2D eigenvalue weighted by atomic mass is 9.99. The van der Waals surface area contributed by atoms with E-state index in [9.17, 15) is 49.0 Å². The molecule has 3 aromatic carbocycles. The molecule has 0 heterocycles.